The Morgan fingerprint density at radius 2 is 1.67 bits per heavy atom. The van der Waals surface area contributed by atoms with Crippen molar-refractivity contribution in [3.05, 3.63) is 32.5 Å². The van der Waals surface area contributed by atoms with Gasteiger partial charge in [-0.15, -0.1) is 22.7 Å². The van der Waals surface area contributed by atoms with Crippen molar-refractivity contribution in [2.24, 2.45) is 5.92 Å². The van der Waals surface area contributed by atoms with Crippen molar-refractivity contribution in [1.82, 2.24) is 0 Å². The minimum absolute atomic E-state index is 0.00211. The van der Waals surface area contributed by atoms with E-state index in [0.29, 0.717) is 27.0 Å². The highest BCUT2D eigenvalue weighted by atomic mass is 32.1. The molecule has 2 aliphatic carbocycles. The number of hydrogen-bond donors (Lipinski definition) is 2. The molecule has 2 heterocycles. The first-order valence-corrected chi connectivity index (χ1v) is 12.7. The number of hydrogen-bond acceptors (Lipinski definition) is 8. The number of carbonyl (C=O) groups is 4. The highest BCUT2D eigenvalue weighted by Crippen LogP contribution is 2.46. The number of thiophene rings is 2. The van der Waals surface area contributed by atoms with Crippen LogP contribution in [0.25, 0.3) is 0 Å². The molecule has 0 spiro atoms. The van der Waals surface area contributed by atoms with E-state index in [1.165, 1.54) is 22.7 Å². The lowest BCUT2D eigenvalue weighted by molar-refractivity contribution is -0.119. The Labute approximate surface area is 199 Å². The van der Waals surface area contributed by atoms with Crippen LogP contribution in [0.5, 0.6) is 0 Å². The Morgan fingerprint density at radius 1 is 0.970 bits per heavy atom. The number of anilines is 2. The molecule has 2 fully saturated rings. The second-order valence-electron chi connectivity index (χ2n) is 8.27. The van der Waals surface area contributed by atoms with Crippen molar-refractivity contribution in [2.45, 2.75) is 52.4 Å². The van der Waals surface area contributed by atoms with Crippen LogP contribution >= 0.6 is 22.7 Å². The van der Waals surface area contributed by atoms with Gasteiger partial charge in [-0.3, -0.25) is 9.59 Å². The summed E-state index contributed by atoms with van der Waals surface area (Å²) in [5.41, 5.74) is 2.27. The summed E-state index contributed by atoms with van der Waals surface area (Å²) in [7, 11) is 0. The molecular formula is C23H26N2O6S2. The topological polar surface area (TPSA) is 111 Å². The third kappa shape index (κ3) is 5.27. The van der Waals surface area contributed by atoms with E-state index in [0.717, 1.165) is 36.1 Å². The van der Waals surface area contributed by atoms with Crippen LogP contribution in [0.4, 0.5) is 10.0 Å². The molecule has 2 N–H and O–H groups in total. The van der Waals surface area contributed by atoms with Crippen molar-refractivity contribution in [1.29, 1.82) is 0 Å². The molecule has 2 saturated carbocycles. The Balaban J connectivity index is 1.41. The molecule has 176 valence electrons. The standard InChI is InChI=1S/C23H26N2O6S2/c1-4-30-23(29)18-15(13-5-6-13)10-32-20(18)24-16(26)9-31-22(28)17-11(2)12(3)33-21(17)25-19(27)14-7-8-14/h10,13-14H,4-9H2,1-3H3,(H,24,26)(H,25,27). The molecule has 33 heavy (non-hydrogen) atoms. The van der Waals surface area contributed by atoms with Crippen molar-refractivity contribution >= 4 is 56.4 Å². The predicted octanol–water partition coefficient (Wildman–Crippen LogP) is 4.62. The summed E-state index contributed by atoms with van der Waals surface area (Å²) in [5.74, 6) is -1.47. The van der Waals surface area contributed by atoms with Gasteiger partial charge < -0.3 is 20.1 Å². The molecule has 4 rings (SSSR count). The minimum atomic E-state index is -0.673. The average Bonchev–Trinajstić information content (AvgIpc) is 3.69. The molecule has 0 radical (unpaired) electrons. The summed E-state index contributed by atoms with van der Waals surface area (Å²) in [6.07, 6.45) is 3.72. The second kappa shape index (κ2) is 9.64. The predicted molar refractivity (Wildman–Crippen MR) is 126 cm³/mol. The first-order chi connectivity index (χ1) is 15.8. The Morgan fingerprint density at radius 3 is 2.30 bits per heavy atom. The number of esters is 2. The van der Waals surface area contributed by atoms with Crippen LogP contribution in [-0.2, 0) is 19.1 Å². The number of carbonyl (C=O) groups excluding carboxylic acids is 4. The van der Waals surface area contributed by atoms with Crippen LogP contribution < -0.4 is 10.6 Å². The van der Waals surface area contributed by atoms with Crippen molar-refractivity contribution in [3.8, 4) is 0 Å². The summed E-state index contributed by atoms with van der Waals surface area (Å²) in [5, 5.41) is 8.23. The molecule has 0 atom stereocenters. The molecule has 0 aromatic carbocycles. The van der Waals surface area contributed by atoms with Crippen LogP contribution in [0.1, 0.15) is 75.2 Å². The molecule has 2 aromatic heterocycles. The zero-order valence-corrected chi connectivity index (χ0v) is 20.4. The molecule has 10 heteroatoms. The van der Waals surface area contributed by atoms with Crippen molar-refractivity contribution < 1.29 is 28.7 Å². The van der Waals surface area contributed by atoms with E-state index in [1.807, 2.05) is 12.3 Å². The summed E-state index contributed by atoms with van der Waals surface area (Å²) in [6, 6.07) is 0. The first-order valence-electron chi connectivity index (χ1n) is 11.0. The molecular weight excluding hydrogens is 464 g/mol. The number of amides is 2. The Hall–Kier alpha value is -2.72. The van der Waals surface area contributed by atoms with Crippen LogP contribution in [0.3, 0.4) is 0 Å². The van der Waals surface area contributed by atoms with Gasteiger partial charge >= 0.3 is 11.9 Å². The smallest absolute Gasteiger partial charge is 0.341 e. The van der Waals surface area contributed by atoms with Gasteiger partial charge in [-0.05, 0) is 68.9 Å². The van der Waals surface area contributed by atoms with Crippen LogP contribution in [0.2, 0.25) is 0 Å². The zero-order chi connectivity index (χ0) is 23.7. The van der Waals surface area contributed by atoms with Gasteiger partial charge in [0, 0.05) is 10.8 Å². The van der Waals surface area contributed by atoms with E-state index in [9.17, 15) is 19.2 Å². The molecule has 0 saturated heterocycles. The second-order valence-corrected chi connectivity index (χ2v) is 10.4. The molecule has 0 unspecified atom stereocenters. The lowest BCUT2D eigenvalue weighted by Crippen LogP contribution is -2.23. The van der Waals surface area contributed by atoms with Gasteiger partial charge in [0.25, 0.3) is 5.91 Å². The number of nitrogens with one attached hydrogen (secondary N) is 2. The maximum Gasteiger partial charge on any atom is 0.341 e. The van der Waals surface area contributed by atoms with Crippen LogP contribution in [0.15, 0.2) is 5.38 Å². The van der Waals surface area contributed by atoms with E-state index in [-0.39, 0.29) is 24.0 Å². The van der Waals surface area contributed by atoms with Gasteiger partial charge in [-0.2, -0.15) is 0 Å². The van der Waals surface area contributed by atoms with Gasteiger partial charge in [0.15, 0.2) is 6.61 Å². The largest absolute Gasteiger partial charge is 0.462 e. The number of rotatable bonds is 9. The van der Waals surface area contributed by atoms with E-state index in [4.69, 9.17) is 9.47 Å². The fourth-order valence-corrected chi connectivity index (χ4v) is 5.56. The zero-order valence-electron chi connectivity index (χ0n) is 18.7. The molecule has 0 bridgehead atoms. The minimum Gasteiger partial charge on any atom is -0.462 e. The third-order valence-electron chi connectivity index (χ3n) is 5.68. The lowest BCUT2D eigenvalue weighted by atomic mass is 10.1. The average molecular weight is 491 g/mol. The maximum absolute atomic E-state index is 12.8. The fraction of sp³-hybridized carbons (Fsp3) is 0.478. The van der Waals surface area contributed by atoms with E-state index in [1.54, 1.807) is 13.8 Å². The van der Waals surface area contributed by atoms with Gasteiger partial charge in [0.2, 0.25) is 5.91 Å². The van der Waals surface area contributed by atoms with Crippen LogP contribution in [-0.4, -0.2) is 37.0 Å². The summed E-state index contributed by atoms with van der Waals surface area (Å²) in [6.45, 7) is 5.10. The van der Waals surface area contributed by atoms with E-state index in [2.05, 4.69) is 10.6 Å². The van der Waals surface area contributed by atoms with Gasteiger partial charge in [0.05, 0.1) is 17.7 Å². The maximum atomic E-state index is 12.8. The van der Waals surface area contributed by atoms with Crippen molar-refractivity contribution in [2.75, 3.05) is 23.8 Å². The van der Waals surface area contributed by atoms with E-state index < -0.39 is 24.5 Å². The third-order valence-corrected chi connectivity index (χ3v) is 7.71. The summed E-state index contributed by atoms with van der Waals surface area (Å²) in [4.78, 5) is 50.8. The highest BCUT2D eigenvalue weighted by Gasteiger charge is 2.33. The molecule has 2 aromatic rings. The Kier molecular flexibility index (Phi) is 6.85. The normalized spacial score (nSPS) is 15.1. The quantitative estimate of drug-likeness (QED) is 0.496. The molecule has 2 aliphatic rings. The fourth-order valence-electron chi connectivity index (χ4n) is 3.46. The van der Waals surface area contributed by atoms with Crippen molar-refractivity contribution in [3.63, 3.8) is 0 Å². The first kappa shape index (κ1) is 23.4. The summed E-state index contributed by atoms with van der Waals surface area (Å²) >= 11 is 2.58. The molecule has 2 amide bonds. The monoisotopic (exact) mass is 490 g/mol. The number of aryl methyl sites for hydroxylation is 1. The SMILES string of the molecule is CCOC(=O)c1c(C2CC2)csc1NC(=O)COC(=O)c1c(NC(=O)C2CC2)sc(C)c1C. The van der Waals surface area contributed by atoms with Gasteiger partial charge in [0.1, 0.15) is 10.0 Å². The lowest BCUT2D eigenvalue weighted by Gasteiger charge is -2.10. The van der Waals surface area contributed by atoms with Crippen LogP contribution in [0, 0.1) is 19.8 Å². The molecule has 0 aliphatic heterocycles. The summed E-state index contributed by atoms with van der Waals surface area (Å²) < 4.78 is 10.4. The molecule has 8 nitrogen and oxygen atoms in total. The van der Waals surface area contributed by atoms with Gasteiger partial charge in [-0.25, -0.2) is 9.59 Å². The van der Waals surface area contributed by atoms with Gasteiger partial charge in [-0.1, -0.05) is 0 Å². The Bertz CT molecular complexity index is 1110. The van der Waals surface area contributed by atoms with E-state index >= 15 is 0 Å². The number of ether oxygens (including phenoxy) is 2. The highest BCUT2D eigenvalue weighted by molar-refractivity contribution is 7.17.